The molecule has 0 spiro atoms. The van der Waals surface area contributed by atoms with Gasteiger partial charge in [-0.05, 0) is 14.0 Å². The van der Waals surface area contributed by atoms with Gasteiger partial charge in [-0.25, -0.2) is 0 Å². The quantitative estimate of drug-likeness (QED) is 0.665. The molecule has 0 aliphatic carbocycles. The minimum absolute atomic E-state index is 0.112. The second kappa shape index (κ2) is 6.05. The Morgan fingerprint density at radius 3 is 2.67 bits per heavy atom. The fraction of sp³-hybridized carbons (Fsp3) is 0.900. The van der Waals surface area contributed by atoms with Crippen LogP contribution in [-0.4, -0.2) is 73.4 Å². The third kappa shape index (κ3) is 4.59. The number of carbonyl (C=O) groups is 1. The molecule has 1 N–H and O–H groups in total. The van der Waals surface area contributed by atoms with Crippen molar-refractivity contribution in [2.75, 3.05) is 46.4 Å². The first-order chi connectivity index (χ1) is 7.09. The van der Waals surface area contributed by atoms with E-state index in [-0.39, 0.29) is 5.91 Å². The number of aliphatic hydroxyl groups is 1. The average molecular weight is 216 g/mol. The van der Waals surface area contributed by atoms with Gasteiger partial charge in [-0.15, -0.1) is 0 Å². The number of ether oxygens (including phenoxy) is 1. The maximum atomic E-state index is 11.7. The molecule has 15 heavy (non-hydrogen) atoms. The number of hydrogen-bond donors (Lipinski definition) is 1. The Morgan fingerprint density at radius 1 is 1.53 bits per heavy atom. The van der Waals surface area contributed by atoms with Gasteiger partial charge in [-0.3, -0.25) is 9.69 Å². The lowest BCUT2D eigenvalue weighted by Gasteiger charge is -2.29. The number of likely N-dealkylation sites (N-methyl/N-ethyl adjacent to an activating group) is 1. The SMILES string of the molecule is CC(O)CN(C)CC(=O)N1CCOCC1. The van der Waals surface area contributed by atoms with Crippen molar-refractivity contribution >= 4 is 5.91 Å². The first kappa shape index (κ1) is 12.4. The summed E-state index contributed by atoms with van der Waals surface area (Å²) >= 11 is 0. The predicted molar refractivity (Wildman–Crippen MR) is 56.6 cm³/mol. The number of nitrogens with zero attached hydrogens (tertiary/aromatic N) is 2. The van der Waals surface area contributed by atoms with Gasteiger partial charge in [0.2, 0.25) is 5.91 Å². The first-order valence-electron chi connectivity index (χ1n) is 5.31. The minimum atomic E-state index is -0.396. The molecule has 1 heterocycles. The van der Waals surface area contributed by atoms with Crippen LogP contribution in [0.15, 0.2) is 0 Å². The van der Waals surface area contributed by atoms with Crippen LogP contribution in [0.25, 0.3) is 0 Å². The van der Waals surface area contributed by atoms with E-state index in [1.807, 2.05) is 16.8 Å². The molecular weight excluding hydrogens is 196 g/mol. The molecule has 0 saturated carbocycles. The summed E-state index contributed by atoms with van der Waals surface area (Å²) in [6.07, 6.45) is -0.396. The van der Waals surface area contributed by atoms with Gasteiger partial charge in [0.05, 0.1) is 25.9 Å². The molecule has 0 bridgehead atoms. The standard InChI is InChI=1S/C10H20N2O3/c1-9(13)7-11(2)8-10(14)12-3-5-15-6-4-12/h9,13H,3-8H2,1-2H3. The molecular formula is C10H20N2O3. The number of morpholine rings is 1. The number of carbonyl (C=O) groups excluding carboxylic acids is 1. The Labute approximate surface area is 90.6 Å². The van der Waals surface area contributed by atoms with Crippen LogP contribution in [0.1, 0.15) is 6.92 Å². The molecule has 0 aromatic rings. The Kier molecular flexibility index (Phi) is 5.01. The zero-order valence-corrected chi connectivity index (χ0v) is 9.48. The normalized spacial score (nSPS) is 19.3. The van der Waals surface area contributed by atoms with Crippen LogP contribution in [0, 0.1) is 0 Å². The van der Waals surface area contributed by atoms with Crippen molar-refractivity contribution in [3.05, 3.63) is 0 Å². The van der Waals surface area contributed by atoms with Crippen molar-refractivity contribution in [3.8, 4) is 0 Å². The lowest BCUT2D eigenvalue weighted by Crippen LogP contribution is -2.45. The predicted octanol–water partition coefficient (Wildman–Crippen LogP) is -0.842. The first-order valence-corrected chi connectivity index (χ1v) is 5.31. The fourth-order valence-electron chi connectivity index (χ4n) is 1.66. The number of rotatable bonds is 4. The third-order valence-corrected chi connectivity index (χ3v) is 2.34. The van der Waals surface area contributed by atoms with Crippen molar-refractivity contribution in [1.82, 2.24) is 9.80 Å². The highest BCUT2D eigenvalue weighted by Gasteiger charge is 2.18. The summed E-state index contributed by atoms with van der Waals surface area (Å²) in [5.74, 6) is 0.112. The summed E-state index contributed by atoms with van der Waals surface area (Å²) in [7, 11) is 1.84. The summed E-state index contributed by atoms with van der Waals surface area (Å²) in [5, 5.41) is 9.16. The molecule has 1 unspecified atom stereocenters. The molecule has 88 valence electrons. The third-order valence-electron chi connectivity index (χ3n) is 2.34. The monoisotopic (exact) mass is 216 g/mol. The van der Waals surface area contributed by atoms with Crippen LogP contribution >= 0.6 is 0 Å². The Balaban J connectivity index is 2.27. The van der Waals surface area contributed by atoms with Crippen molar-refractivity contribution in [1.29, 1.82) is 0 Å². The van der Waals surface area contributed by atoms with Crippen LogP contribution in [0.4, 0.5) is 0 Å². The topological polar surface area (TPSA) is 53.0 Å². The largest absolute Gasteiger partial charge is 0.392 e. The molecule has 0 aromatic carbocycles. The highest BCUT2D eigenvalue weighted by molar-refractivity contribution is 5.78. The fourth-order valence-corrected chi connectivity index (χ4v) is 1.66. The average Bonchev–Trinajstić information content (AvgIpc) is 2.17. The van der Waals surface area contributed by atoms with Crippen molar-refractivity contribution < 1.29 is 14.6 Å². The van der Waals surface area contributed by atoms with E-state index in [9.17, 15) is 4.79 Å². The van der Waals surface area contributed by atoms with E-state index in [1.165, 1.54) is 0 Å². The van der Waals surface area contributed by atoms with Gasteiger partial charge in [-0.1, -0.05) is 0 Å². The second-order valence-electron chi connectivity index (χ2n) is 4.04. The minimum Gasteiger partial charge on any atom is -0.392 e. The van der Waals surface area contributed by atoms with Gasteiger partial charge < -0.3 is 14.7 Å². The van der Waals surface area contributed by atoms with Gasteiger partial charge in [0.25, 0.3) is 0 Å². The van der Waals surface area contributed by atoms with E-state index in [4.69, 9.17) is 9.84 Å². The summed E-state index contributed by atoms with van der Waals surface area (Å²) in [5.41, 5.74) is 0. The zero-order chi connectivity index (χ0) is 11.3. The molecule has 1 atom stereocenters. The van der Waals surface area contributed by atoms with E-state index < -0.39 is 6.10 Å². The molecule has 1 fully saturated rings. The van der Waals surface area contributed by atoms with E-state index in [0.717, 1.165) is 0 Å². The molecule has 5 nitrogen and oxygen atoms in total. The molecule has 1 rings (SSSR count). The second-order valence-corrected chi connectivity index (χ2v) is 4.04. The highest BCUT2D eigenvalue weighted by atomic mass is 16.5. The molecule has 0 radical (unpaired) electrons. The van der Waals surface area contributed by atoms with E-state index >= 15 is 0 Å². The van der Waals surface area contributed by atoms with Gasteiger partial charge in [0, 0.05) is 19.6 Å². The smallest absolute Gasteiger partial charge is 0.236 e. The number of aliphatic hydroxyl groups excluding tert-OH is 1. The maximum absolute atomic E-state index is 11.7. The summed E-state index contributed by atoms with van der Waals surface area (Å²) in [4.78, 5) is 15.4. The molecule has 1 aliphatic heterocycles. The van der Waals surface area contributed by atoms with E-state index in [0.29, 0.717) is 39.4 Å². The van der Waals surface area contributed by atoms with Crippen molar-refractivity contribution in [2.45, 2.75) is 13.0 Å². The Bertz CT molecular complexity index is 203. The molecule has 1 aliphatic rings. The van der Waals surface area contributed by atoms with Gasteiger partial charge >= 0.3 is 0 Å². The van der Waals surface area contributed by atoms with Crippen molar-refractivity contribution in [2.24, 2.45) is 0 Å². The summed E-state index contributed by atoms with van der Waals surface area (Å²) in [6, 6.07) is 0. The Hall–Kier alpha value is -0.650. The highest BCUT2D eigenvalue weighted by Crippen LogP contribution is 1.99. The maximum Gasteiger partial charge on any atom is 0.236 e. The van der Waals surface area contributed by atoms with Crippen LogP contribution < -0.4 is 0 Å². The van der Waals surface area contributed by atoms with Crippen LogP contribution in [0.5, 0.6) is 0 Å². The van der Waals surface area contributed by atoms with Gasteiger partial charge in [0.15, 0.2) is 0 Å². The molecule has 1 saturated heterocycles. The summed E-state index contributed by atoms with van der Waals surface area (Å²) in [6.45, 7) is 5.23. The van der Waals surface area contributed by atoms with Gasteiger partial charge in [-0.2, -0.15) is 0 Å². The Morgan fingerprint density at radius 2 is 2.13 bits per heavy atom. The van der Waals surface area contributed by atoms with E-state index in [2.05, 4.69) is 0 Å². The lowest BCUT2D eigenvalue weighted by atomic mass is 10.3. The van der Waals surface area contributed by atoms with Crippen LogP contribution in [0.3, 0.4) is 0 Å². The van der Waals surface area contributed by atoms with E-state index in [1.54, 1.807) is 6.92 Å². The number of amides is 1. The molecule has 5 heteroatoms. The zero-order valence-electron chi connectivity index (χ0n) is 9.48. The van der Waals surface area contributed by atoms with Gasteiger partial charge in [0.1, 0.15) is 0 Å². The molecule has 0 aromatic heterocycles. The lowest BCUT2D eigenvalue weighted by molar-refractivity contribution is -0.136. The molecule has 1 amide bonds. The van der Waals surface area contributed by atoms with Crippen molar-refractivity contribution in [3.63, 3.8) is 0 Å². The summed E-state index contributed by atoms with van der Waals surface area (Å²) < 4.78 is 5.17. The number of hydrogen-bond acceptors (Lipinski definition) is 4. The van der Waals surface area contributed by atoms with Crippen LogP contribution in [0.2, 0.25) is 0 Å². The van der Waals surface area contributed by atoms with Crippen LogP contribution in [-0.2, 0) is 9.53 Å².